The molecule has 0 saturated heterocycles. The standard InChI is InChI=1S/C25H18Cl2N2O2/c1-29-20-10-6-5-9-17(20)23-22(25(29)30)21(16-11-12-18(26)19(27)13-16)24(31-23)28-14-15-7-3-2-4-8-15/h2-13,28H,14H2,1H3. The second kappa shape index (κ2) is 7.80. The second-order valence-corrected chi connectivity index (χ2v) is 8.17. The lowest BCUT2D eigenvalue weighted by Gasteiger charge is -2.08. The molecule has 6 heteroatoms. The number of pyridine rings is 1. The van der Waals surface area contributed by atoms with Gasteiger partial charge in [-0.2, -0.15) is 0 Å². The molecule has 0 unspecified atom stereocenters. The Kier molecular flexibility index (Phi) is 4.97. The molecule has 0 fully saturated rings. The maximum absolute atomic E-state index is 13.4. The first kappa shape index (κ1) is 19.7. The number of benzene rings is 3. The van der Waals surface area contributed by atoms with Crippen LogP contribution in [0.15, 0.2) is 82.0 Å². The molecule has 0 radical (unpaired) electrons. The first-order chi connectivity index (χ1) is 15.0. The van der Waals surface area contributed by atoms with Gasteiger partial charge in [-0.3, -0.25) is 4.79 Å². The van der Waals surface area contributed by atoms with Gasteiger partial charge in [0, 0.05) is 19.0 Å². The SMILES string of the molecule is Cn1c(=O)c2c(-c3ccc(Cl)c(Cl)c3)c(NCc3ccccc3)oc2c2ccccc21. The maximum Gasteiger partial charge on any atom is 0.262 e. The molecule has 5 aromatic rings. The molecule has 2 heterocycles. The Labute approximate surface area is 188 Å². The van der Waals surface area contributed by atoms with E-state index in [9.17, 15) is 4.79 Å². The first-order valence-corrected chi connectivity index (χ1v) is 10.6. The van der Waals surface area contributed by atoms with Crippen LogP contribution in [0.4, 0.5) is 5.88 Å². The van der Waals surface area contributed by atoms with E-state index in [0.29, 0.717) is 39.0 Å². The van der Waals surface area contributed by atoms with Crippen LogP contribution in [0.3, 0.4) is 0 Å². The average Bonchev–Trinajstić information content (AvgIpc) is 3.18. The smallest absolute Gasteiger partial charge is 0.262 e. The van der Waals surface area contributed by atoms with Crippen LogP contribution in [0.1, 0.15) is 5.56 Å². The lowest BCUT2D eigenvalue weighted by molar-refractivity contribution is 0.629. The van der Waals surface area contributed by atoms with Crippen LogP contribution in [-0.2, 0) is 13.6 Å². The molecule has 0 atom stereocenters. The molecule has 4 nitrogen and oxygen atoms in total. The molecule has 2 aromatic heterocycles. The zero-order valence-corrected chi connectivity index (χ0v) is 18.2. The number of para-hydroxylation sites is 1. The van der Waals surface area contributed by atoms with Crippen molar-refractivity contribution in [3.63, 3.8) is 0 Å². The third-order valence-electron chi connectivity index (χ3n) is 5.44. The van der Waals surface area contributed by atoms with E-state index in [-0.39, 0.29) is 5.56 Å². The maximum atomic E-state index is 13.4. The fourth-order valence-electron chi connectivity index (χ4n) is 3.89. The molecule has 0 aliphatic carbocycles. The highest BCUT2D eigenvalue weighted by molar-refractivity contribution is 6.42. The van der Waals surface area contributed by atoms with Gasteiger partial charge in [-0.25, -0.2) is 0 Å². The van der Waals surface area contributed by atoms with Crippen LogP contribution in [0.25, 0.3) is 33.0 Å². The summed E-state index contributed by atoms with van der Waals surface area (Å²) in [6.45, 7) is 0.549. The van der Waals surface area contributed by atoms with Crippen molar-refractivity contribution < 1.29 is 4.42 Å². The third-order valence-corrected chi connectivity index (χ3v) is 6.18. The number of nitrogens with one attached hydrogen (secondary N) is 1. The van der Waals surface area contributed by atoms with Crippen molar-refractivity contribution in [2.75, 3.05) is 5.32 Å². The van der Waals surface area contributed by atoms with Gasteiger partial charge in [-0.1, -0.05) is 71.7 Å². The lowest BCUT2D eigenvalue weighted by Crippen LogP contribution is -2.17. The van der Waals surface area contributed by atoms with E-state index in [1.54, 1.807) is 23.7 Å². The number of aryl methyl sites for hydroxylation is 1. The van der Waals surface area contributed by atoms with Crippen LogP contribution in [0, 0.1) is 0 Å². The Morgan fingerprint density at radius 3 is 2.45 bits per heavy atom. The van der Waals surface area contributed by atoms with Crippen LogP contribution >= 0.6 is 23.2 Å². The highest BCUT2D eigenvalue weighted by Crippen LogP contribution is 2.41. The number of aromatic nitrogens is 1. The molecule has 1 N–H and O–H groups in total. The highest BCUT2D eigenvalue weighted by Gasteiger charge is 2.23. The van der Waals surface area contributed by atoms with E-state index in [1.165, 1.54) is 0 Å². The number of halogens is 2. The summed E-state index contributed by atoms with van der Waals surface area (Å²) in [6.07, 6.45) is 0. The van der Waals surface area contributed by atoms with Gasteiger partial charge in [-0.05, 0) is 35.4 Å². The van der Waals surface area contributed by atoms with Crippen LogP contribution in [-0.4, -0.2) is 4.57 Å². The molecule has 5 rings (SSSR count). The first-order valence-electron chi connectivity index (χ1n) is 9.82. The van der Waals surface area contributed by atoms with Gasteiger partial charge in [0.2, 0.25) is 5.88 Å². The monoisotopic (exact) mass is 448 g/mol. The normalized spacial score (nSPS) is 11.3. The molecular weight excluding hydrogens is 431 g/mol. The Balaban J connectivity index is 1.80. The topological polar surface area (TPSA) is 47.2 Å². The lowest BCUT2D eigenvalue weighted by atomic mass is 10.0. The van der Waals surface area contributed by atoms with Gasteiger partial charge in [0.25, 0.3) is 5.56 Å². The van der Waals surface area contributed by atoms with Gasteiger partial charge in [0.05, 0.1) is 26.5 Å². The predicted octanol–water partition coefficient (Wildman–Crippen LogP) is 6.87. The number of hydrogen-bond acceptors (Lipinski definition) is 3. The van der Waals surface area contributed by atoms with Crippen molar-refractivity contribution in [2.45, 2.75) is 6.54 Å². The Morgan fingerprint density at radius 1 is 0.935 bits per heavy atom. The zero-order valence-electron chi connectivity index (χ0n) is 16.7. The van der Waals surface area contributed by atoms with E-state index < -0.39 is 0 Å². The summed E-state index contributed by atoms with van der Waals surface area (Å²) in [4.78, 5) is 13.4. The minimum atomic E-state index is -0.133. The Bertz CT molecular complexity index is 1490. The van der Waals surface area contributed by atoms with E-state index >= 15 is 0 Å². The quantitative estimate of drug-likeness (QED) is 0.326. The van der Waals surface area contributed by atoms with Crippen LogP contribution in [0.5, 0.6) is 0 Å². The van der Waals surface area contributed by atoms with Crippen molar-refractivity contribution in [1.29, 1.82) is 0 Å². The van der Waals surface area contributed by atoms with Crippen molar-refractivity contribution in [2.24, 2.45) is 7.05 Å². The summed E-state index contributed by atoms with van der Waals surface area (Å²) in [5.41, 5.74) is 3.76. The molecule has 154 valence electrons. The number of furan rings is 1. The van der Waals surface area contributed by atoms with E-state index in [0.717, 1.165) is 22.0 Å². The number of hydrogen-bond donors (Lipinski definition) is 1. The molecule has 0 bridgehead atoms. The molecule has 0 aliphatic rings. The van der Waals surface area contributed by atoms with Gasteiger partial charge in [0.15, 0.2) is 5.58 Å². The minimum absolute atomic E-state index is 0.133. The number of rotatable bonds is 4. The molecular formula is C25H18Cl2N2O2. The van der Waals surface area contributed by atoms with Crippen LogP contribution in [0.2, 0.25) is 10.0 Å². The van der Waals surface area contributed by atoms with E-state index in [2.05, 4.69) is 5.32 Å². The van der Waals surface area contributed by atoms with Crippen molar-refractivity contribution in [3.8, 4) is 11.1 Å². The molecule has 3 aromatic carbocycles. The molecule has 0 saturated carbocycles. The Hall–Kier alpha value is -3.21. The third kappa shape index (κ3) is 3.38. The number of fused-ring (bicyclic) bond motifs is 3. The second-order valence-electron chi connectivity index (χ2n) is 7.36. The summed E-state index contributed by atoms with van der Waals surface area (Å²) in [6, 6.07) is 23.1. The number of nitrogens with zero attached hydrogens (tertiary/aromatic N) is 1. The zero-order chi connectivity index (χ0) is 21.5. The largest absolute Gasteiger partial charge is 0.439 e. The summed E-state index contributed by atoms with van der Waals surface area (Å²) in [5, 5.41) is 5.62. The van der Waals surface area contributed by atoms with Crippen molar-refractivity contribution in [1.82, 2.24) is 4.57 Å². The van der Waals surface area contributed by atoms with Crippen LogP contribution < -0.4 is 10.9 Å². The predicted molar refractivity (Wildman–Crippen MR) is 128 cm³/mol. The summed E-state index contributed by atoms with van der Waals surface area (Å²) in [7, 11) is 1.77. The molecule has 0 spiro atoms. The molecule has 0 amide bonds. The van der Waals surface area contributed by atoms with Gasteiger partial charge < -0.3 is 14.3 Å². The highest BCUT2D eigenvalue weighted by atomic mass is 35.5. The number of anilines is 1. The van der Waals surface area contributed by atoms with E-state index in [4.69, 9.17) is 27.6 Å². The average molecular weight is 449 g/mol. The summed E-state index contributed by atoms with van der Waals surface area (Å²) < 4.78 is 7.94. The van der Waals surface area contributed by atoms with Crippen molar-refractivity contribution in [3.05, 3.63) is 98.8 Å². The fourth-order valence-corrected chi connectivity index (χ4v) is 4.19. The Morgan fingerprint density at radius 2 is 1.68 bits per heavy atom. The van der Waals surface area contributed by atoms with Gasteiger partial charge in [0.1, 0.15) is 0 Å². The van der Waals surface area contributed by atoms with Gasteiger partial charge >= 0.3 is 0 Å². The molecule has 0 aliphatic heterocycles. The van der Waals surface area contributed by atoms with E-state index in [1.807, 2.05) is 60.7 Å². The minimum Gasteiger partial charge on any atom is -0.439 e. The van der Waals surface area contributed by atoms with Crippen molar-refractivity contribution >= 4 is 51.0 Å². The summed E-state index contributed by atoms with van der Waals surface area (Å²) in [5.74, 6) is 0.519. The molecule has 31 heavy (non-hydrogen) atoms. The fraction of sp³-hybridized carbons (Fsp3) is 0.0800. The van der Waals surface area contributed by atoms with Gasteiger partial charge in [-0.15, -0.1) is 0 Å². The summed E-state index contributed by atoms with van der Waals surface area (Å²) >= 11 is 12.4.